The molecule has 0 aliphatic heterocycles. The van der Waals surface area contributed by atoms with Gasteiger partial charge in [-0.1, -0.05) is 19.1 Å². The van der Waals surface area contributed by atoms with E-state index in [9.17, 15) is 0 Å². The van der Waals surface area contributed by atoms with Crippen molar-refractivity contribution in [3.05, 3.63) is 24.3 Å². The Morgan fingerprint density at radius 1 is 1.48 bits per heavy atom. The van der Waals surface area contributed by atoms with Crippen LogP contribution >= 0.6 is 24.0 Å². The minimum atomic E-state index is 0. The first-order chi connectivity index (χ1) is 9.52. The predicted molar refractivity (Wildman–Crippen MR) is 98.2 cm³/mol. The molecule has 2 N–H and O–H groups in total. The molecule has 1 heterocycles. The monoisotopic (exact) mass is 406 g/mol. The maximum Gasteiger partial charge on any atom is 0.191 e. The second-order valence-electron chi connectivity index (χ2n) is 5.14. The van der Waals surface area contributed by atoms with E-state index >= 15 is 0 Å². The minimum absolute atomic E-state index is 0. The standard InChI is InChI=1S/C14H26N6.HI/c1-6-13-19-17-10-20(13)8-7-15-14(18-12(4)5)16-9-11(2)3;/h10,12H,2,6-9H2,1,3-5H3,(H2,15,16,18);1H. The van der Waals surface area contributed by atoms with Crippen LogP contribution in [-0.2, 0) is 13.0 Å². The Labute approximate surface area is 144 Å². The summed E-state index contributed by atoms with van der Waals surface area (Å²) < 4.78 is 2.05. The number of rotatable bonds is 7. The van der Waals surface area contributed by atoms with Gasteiger partial charge in [0.2, 0.25) is 0 Å². The van der Waals surface area contributed by atoms with E-state index in [2.05, 4.69) is 57.7 Å². The molecule has 0 saturated carbocycles. The highest BCUT2D eigenvalue weighted by Crippen LogP contribution is 1.95. The maximum atomic E-state index is 4.48. The van der Waals surface area contributed by atoms with Gasteiger partial charge in [-0.2, -0.15) is 0 Å². The van der Waals surface area contributed by atoms with E-state index < -0.39 is 0 Å². The van der Waals surface area contributed by atoms with Crippen LogP contribution in [-0.4, -0.2) is 39.9 Å². The minimum Gasteiger partial charge on any atom is -0.355 e. The molecule has 1 aromatic heterocycles. The summed E-state index contributed by atoms with van der Waals surface area (Å²) in [4.78, 5) is 4.48. The number of guanidine groups is 1. The first-order valence-electron chi connectivity index (χ1n) is 7.08. The van der Waals surface area contributed by atoms with Crippen molar-refractivity contribution in [1.29, 1.82) is 0 Å². The number of hydrogen-bond acceptors (Lipinski definition) is 3. The molecule has 0 unspecified atom stereocenters. The molecule has 0 atom stereocenters. The molecule has 1 rings (SSSR count). The second kappa shape index (κ2) is 10.6. The fourth-order valence-corrected chi connectivity index (χ4v) is 1.67. The molecule has 120 valence electrons. The lowest BCUT2D eigenvalue weighted by Gasteiger charge is -2.15. The van der Waals surface area contributed by atoms with Gasteiger partial charge in [-0.05, 0) is 20.8 Å². The number of nitrogens with one attached hydrogen (secondary N) is 2. The fraction of sp³-hybridized carbons (Fsp3) is 0.643. The molecule has 21 heavy (non-hydrogen) atoms. The molecule has 0 aliphatic rings. The number of aromatic nitrogens is 3. The SMILES string of the molecule is C=C(C)CN=C(NCCn1cnnc1CC)NC(C)C.I. The summed E-state index contributed by atoms with van der Waals surface area (Å²) in [6, 6.07) is 0.340. The molecule has 0 spiro atoms. The predicted octanol–water partition coefficient (Wildman–Crippen LogP) is 1.98. The highest BCUT2D eigenvalue weighted by molar-refractivity contribution is 14.0. The zero-order chi connectivity index (χ0) is 15.0. The van der Waals surface area contributed by atoms with Gasteiger partial charge in [-0.3, -0.25) is 0 Å². The molecular formula is C14H27IN6. The van der Waals surface area contributed by atoms with Crippen LogP contribution in [0.15, 0.2) is 23.5 Å². The summed E-state index contributed by atoms with van der Waals surface area (Å²) in [6.07, 6.45) is 2.65. The fourth-order valence-electron chi connectivity index (χ4n) is 1.67. The van der Waals surface area contributed by atoms with Crippen molar-refractivity contribution >= 4 is 29.9 Å². The van der Waals surface area contributed by atoms with Crippen molar-refractivity contribution in [2.24, 2.45) is 4.99 Å². The lowest BCUT2D eigenvalue weighted by atomic mass is 10.3. The lowest BCUT2D eigenvalue weighted by molar-refractivity contribution is 0.622. The van der Waals surface area contributed by atoms with Crippen LogP contribution in [0, 0.1) is 0 Å². The van der Waals surface area contributed by atoms with E-state index in [0.717, 1.165) is 36.9 Å². The quantitative estimate of drug-likeness (QED) is 0.315. The molecule has 1 aromatic rings. The zero-order valence-corrected chi connectivity index (χ0v) is 15.7. The van der Waals surface area contributed by atoms with Gasteiger partial charge in [0.15, 0.2) is 5.96 Å². The van der Waals surface area contributed by atoms with E-state index in [0.29, 0.717) is 12.6 Å². The summed E-state index contributed by atoms with van der Waals surface area (Å²) in [6.45, 7) is 14.3. The molecule has 0 aromatic carbocycles. The second-order valence-corrected chi connectivity index (χ2v) is 5.14. The van der Waals surface area contributed by atoms with Crippen LogP contribution in [0.4, 0.5) is 0 Å². The number of hydrogen-bond donors (Lipinski definition) is 2. The van der Waals surface area contributed by atoms with Crippen molar-refractivity contribution in [1.82, 2.24) is 25.4 Å². The molecule has 0 aliphatic carbocycles. The van der Waals surface area contributed by atoms with Gasteiger partial charge in [0.25, 0.3) is 0 Å². The third-order valence-corrected chi connectivity index (χ3v) is 2.59. The van der Waals surface area contributed by atoms with Gasteiger partial charge in [-0.25, -0.2) is 4.99 Å². The summed E-state index contributed by atoms with van der Waals surface area (Å²) >= 11 is 0. The zero-order valence-electron chi connectivity index (χ0n) is 13.4. The van der Waals surface area contributed by atoms with Gasteiger partial charge in [0, 0.05) is 25.6 Å². The Kier molecular flexibility index (Phi) is 10.0. The lowest BCUT2D eigenvalue weighted by Crippen LogP contribution is -2.42. The first-order valence-corrected chi connectivity index (χ1v) is 7.08. The molecule has 7 heteroatoms. The molecular weight excluding hydrogens is 379 g/mol. The van der Waals surface area contributed by atoms with Crippen LogP contribution in [0.25, 0.3) is 0 Å². The summed E-state index contributed by atoms with van der Waals surface area (Å²) in [5, 5.41) is 14.6. The van der Waals surface area contributed by atoms with Crippen LogP contribution < -0.4 is 10.6 Å². The smallest absolute Gasteiger partial charge is 0.191 e. The van der Waals surface area contributed by atoms with E-state index in [1.165, 1.54) is 0 Å². The molecule has 0 bridgehead atoms. The highest BCUT2D eigenvalue weighted by Gasteiger charge is 2.03. The summed E-state index contributed by atoms with van der Waals surface area (Å²) in [5.41, 5.74) is 1.04. The van der Waals surface area contributed by atoms with Gasteiger partial charge < -0.3 is 15.2 Å². The van der Waals surface area contributed by atoms with Crippen molar-refractivity contribution in [3.63, 3.8) is 0 Å². The third kappa shape index (κ3) is 8.03. The van der Waals surface area contributed by atoms with Crippen molar-refractivity contribution in [3.8, 4) is 0 Å². The van der Waals surface area contributed by atoms with Crippen molar-refractivity contribution < 1.29 is 0 Å². The maximum absolute atomic E-state index is 4.48. The number of aliphatic imine (C=N–C) groups is 1. The van der Waals surface area contributed by atoms with Crippen LogP contribution in [0.5, 0.6) is 0 Å². The molecule has 6 nitrogen and oxygen atoms in total. The van der Waals surface area contributed by atoms with Crippen molar-refractivity contribution in [2.45, 2.75) is 46.7 Å². The van der Waals surface area contributed by atoms with E-state index in [1.807, 2.05) is 6.92 Å². The van der Waals surface area contributed by atoms with Gasteiger partial charge >= 0.3 is 0 Å². The van der Waals surface area contributed by atoms with Gasteiger partial charge in [0.1, 0.15) is 12.2 Å². The molecule has 0 amide bonds. The van der Waals surface area contributed by atoms with Gasteiger partial charge in [0.05, 0.1) is 6.54 Å². The summed E-state index contributed by atoms with van der Waals surface area (Å²) in [7, 11) is 0. The van der Waals surface area contributed by atoms with Crippen molar-refractivity contribution in [2.75, 3.05) is 13.1 Å². The average Bonchev–Trinajstić information content (AvgIpc) is 2.82. The number of halogens is 1. The average molecular weight is 406 g/mol. The Morgan fingerprint density at radius 2 is 2.19 bits per heavy atom. The molecule has 0 fully saturated rings. The largest absolute Gasteiger partial charge is 0.355 e. The Hall–Kier alpha value is -1.12. The van der Waals surface area contributed by atoms with Crippen LogP contribution in [0.2, 0.25) is 0 Å². The summed E-state index contributed by atoms with van der Waals surface area (Å²) in [5.74, 6) is 1.82. The highest BCUT2D eigenvalue weighted by atomic mass is 127. The van der Waals surface area contributed by atoms with Crippen LogP contribution in [0.3, 0.4) is 0 Å². The number of aryl methyl sites for hydroxylation is 1. The normalized spacial score (nSPS) is 11.2. The molecule has 0 radical (unpaired) electrons. The van der Waals surface area contributed by atoms with E-state index in [4.69, 9.17) is 0 Å². The Balaban J connectivity index is 0.00000400. The van der Waals surface area contributed by atoms with E-state index in [1.54, 1.807) is 6.33 Å². The van der Waals surface area contributed by atoms with E-state index in [-0.39, 0.29) is 24.0 Å². The number of nitrogens with zero attached hydrogens (tertiary/aromatic N) is 4. The molecule has 0 saturated heterocycles. The Morgan fingerprint density at radius 3 is 2.76 bits per heavy atom. The van der Waals surface area contributed by atoms with Crippen LogP contribution in [0.1, 0.15) is 33.5 Å². The topological polar surface area (TPSA) is 67.1 Å². The third-order valence-electron chi connectivity index (χ3n) is 2.59. The van der Waals surface area contributed by atoms with Gasteiger partial charge in [-0.15, -0.1) is 34.2 Å². The Bertz CT molecular complexity index is 452. The first kappa shape index (κ1) is 19.9.